The van der Waals surface area contributed by atoms with E-state index in [0.29, 0.717) is 21.5 Å². The Labute approximate surface area is 136 Å². The van der Waals surface area contributed by atoms with Crippen molar-refractivity contribution in [3.8, 4) is 0 Å². The molecule has 0 atom stereocenters. The normalized spacial score (nSPS) is 15.3. The van der Waals surface area contributed by atoms with Gasteiger partial charge in [0.1, 0.15) is 4.90 Å². The number of sulfonamides is 1. The van der Waals surface area contributed by atoms with Crippen molar-refractivity contribution in [2.75, 3.05) is 0 Å². The van der Waals surface area contributed by atoms with Crippen LogP contribution in [-0.4, -0.2) is 19.6 Å². The van der Waals surface area contributed by atoms with Gasteiger partial charge in [-0.25, -0.2) is 13.1 Å². The van der Waals surface area contributed by atoms with Crippen molar-refractivity contribution in [3.63, 3.8) is 0 Å². The molecule has 0 spiro atoms. The highest BCUT2D eigenvalue weighted by Gasteiger charge is 2.28. The first-order valence-electron chi connectivity index (χ1n) is 6.48. The van der Waals surface area contributed by atoms with Crippen LogP contribution in [0.3, 0.4) is 0 Å². The van der Waals surface area contributed by atoms with Gasteiger partial charge < -0.3 is 5.11 Å². The molecule has 1 aliphatic rings. The van der Waals surface area contributed by atoms with Gasteiger partial charge in [-0.1, -0.05) is 24.3 Å². The molecule has 3 rings (SSSR count). The van der Waals surface area contributed by atoms with Gasteiger partial charge in [-0.3, -0.25) is 0 Å². The average Bonchev–Trinajstić information content (AvgIpc) is 3.00. The lowest BCUT2D eigenvalue weighted by Gasteiger charge is -2.12. The van der Waals surface area contributed by atoms with Crippen LogP contribution in [0.2, 0.25) is 0 Å². The number of rotatable bonds is 4. The number of nitrogens with one attached hydrogen (secondary N) is 1. The van der Waals surface area contributed by atoms with Crippen LogP contribution >= 0.6 is 27.3 Å². The Morgan fingerprint density at radius 3 is 2.43 bits per heavy atom. The monoisotopic (exact) mass is 387 g/mol. The molecule has 4 nitrogen and oxygen atoms in total. The molecule has 112 valence electrons. The third-order valence-corrected chi connectivity index (χ3v) is 7.28. The maximum atomic E-state index is 12.5. The van der Waals surface area contributed by atoms with Crippen LogP contribution in [0.25, 0.3) is 0 Å². The van der Waals surface area contributed by atoms with E-state index in [9.17, 15) is 8.42 Å². The Kier molecular flexibility index (Phi) is 4.20. The number of aliphatic hydroxyl groups excluding tert-OH is 1. The zero-order valence-corrected chi connectivity index (χ0v) is 14.3. The molecule has 1 aromatic heterocycles. The van der Waals surface area contributed by atoms with E-state index in [1.807, 2.05) is 24.3 Å². The second kappa shape index (κ2) is 5.81. The van der Waals surface area contributed by atoms with Crippen molar-refractivity contribution in [1.82, 2.24) is 4.72 Å². The first kappa shape index (κ1) is 15.2. The van der Waals surface area contributed by atoms with Crippen LogP contribution < -0.4 is 4.72 Å². The first-order valence-corrected chi connectivity index (χ1v) is 9.57. The highest BCUT2D eigenvalue weighted by Crippen LogP contribution is 2.32. The van der Waals surface area contributed by atoms with Gasteiger partial charge >= 0.3 is 0 Å². The van der Waals surface area contributed by atoms with Gasteiger partial charge in [-0.2, -0.15) is 0 Å². The minimum Gasteiger partial charge on any atom is -0.391 e. The maximum absolute atomic E-state index is 12.5. The van der Waals surface area contributed by atoms with Crippen LogP contribution in [0.4, 0.5) is 0 Å². The first-order chi connectivity index (χ1) is 9.99. The molecule has 0 bridgehead atoms. The van der Waals surface area contributed by atoms with Crippen LogP contribution in [-0.2, 0) is 29.5 Å². The van der Waals surface area contributed by atoms with Crippen LogP contribution in [0.15, 0.2) is 39.0 Å². The van der Waals surface area contributed by atoms with Crippen molar-refractivity contribution >= 4 is 37.3 Å². The summed E-state index contributed by atoms with van der Waals surface area (Å²) in [5.41, 5.74) is 2.40. The summed E-state index contributed by atoms with van der Waals surface area (Å²) in [4.78, 5) is 0.824. The highest BCUT2D eigenvalue weighted by atomic mass is 79.9. The fourth-order valence-electron chi connectivity index (χ4n) is 2.58. The van der Waals surface area contributed by atoms with Crippen molar-refractivity contribution in [3.05, 3.63) is 50.1 Å². The molecule has 0 fully saturated rings. The lowest BCUT2D eigenvalue weighted by atomic mass is 10.1. The van der Waals surface area contributed by atoms with E-state index in [1.165, 1.54) is 28.5 Å². The van der Waals surface area contributed by atoms with E-state index < -0.39 is 10.0 Å². The van der Waals surface area contributed by atoms with Crippen molar-refractivity contribution in [2.24, 2.45) is 0 Å². The molecular weight excluding hydrogens is 374 g/mol. The van der Waals surface area contributed by atoms with Gasteiger partial charge in [-0.15, -0.1) is 11.3 Å². The lowest BCUT2D eigenvalue weighted by molar-refractivity contribution is 0.285. The van der Waals surface area contributed by atoms with Gasteiger partial charge in [-0.05, 0) is 46.0 Å². The molecule has 0 radical (unpaired) electrons. The average molecular weight is 388 g/mol. The number of hydrogen-bond acceptors (Lipinski definition) is 4. The van der Waals surface area contributed by atoms with E-state index in [1.54, 1.807) is 0 Å². The largest absolute Gasteiger partial charge is 0.391 e. The Balaban J connectivity index is 1.80. The van der Waals surface area contributed by atoms with E-state index in [2.05, 4.69) is 20.7 Å². The number of halogens is 1. The molecule has 0 saturated heterocycles. The van der Waals surface area contributed by atoms with Gasteiger partial charge in [0.25, 0.3) is 0 Å². The maximum Gasteiger partial charge on any atom is 0.242 e. The SMILES string of the molecule is O=S(=O)(NC1Cc2ccccc2C1)c1cc(CO)sc1Br. The van der Waals surface area contributed by atoms with Crippen molar-refractivity contribution in [1.29, 1.82) is 0 Å². The van der Waals surface area contributed by atoms with Gasteiger partial charge in [0.05, 0.1) is 10.4 Å². The van der Waals surface area contributed by atoms with Gasteiger partial charge in [0.15, 0.2) is 0 Å². The summed E-state index contributed by atoms with van der Waals surface area (Å²) in [6.45, 7) is -0.159. The molecule has 2 aromatic rings. The molecule has 0 saturated carbocycles. The second-order valence-electron chi connectivity index (χ2n) is 5.00. The predicted octanol–water partition coefficient (Wildman–Crippen LogP) is 2.45. The number of thiophene rings is 1. The third-order valence-electron chi connectivity index (χ3n) is 3.52. The van der Waals surface area contributed by atoms with Crippen molar-refractivity contribution in [2.45, 2.75) is 30.4 Å². The zero-order chi connectivity index (χ0) is 15.0. The number of benzene rings is 1. The lowest BCUT2D eigenvalue weighted by Crippen LogP contribution is -2.35. The Morgan fingerprint density at radius 1 is 1.29 bits per heavy atom. The molecule has 1 aromatic carbocycles. The zero-order valence-electron chi connectivity index (χ0n) is 11.0. The van der Waals surface area contributed by atoms with Gasteiger partial charge in [0.2, 0.25) is 10.0 Å². The Morgan fingerprint density at radius 2 is 1.90 bits per heavy atom. The molecule has 0 unspecified atom stereocenters. The van der Waals surface area contributed by atoms with E-state index in [0.717, 1.165) is 0 Å². The molecule has 1 heterocycles. The molecular formula is C14H14BrNO3S2. The summed E-state index contributed by atoms with van der Waals surface area (Å²) in [5, 5.41) is 9.12. The van der Waals surface area contributed by atoms with Crippen molar-refractivity contribution < 1.29 is 13.5 Å². The smallest absolute Gasteiger partial charge is 0.242 e. The summed E-state index contributed by atoms with van der Waals surface area (Å²) in [6, 6.07) is 9.41. The molecule has 21 heavy (non-hydrogen) atoms. The Bertz CT molecular complexity index is 745. The fraction of sp³-hybridized carbons (Fsp3) is 0.286. The summed E-state index contributed by atoms with van der Waals surface area (Å²) in [5.74, 6) is 0. The minimum atomic E-state index is -3.58. The second-order valence-corrected chi connectivity index (χ2v) is 9.14. The van der Waals surface area contributed by atoms with Crippen LogP contribution in [0.1, 0.15) is 16.0 Å². The summed E-state index contributed by atoms with van der Waals surface area (Å²) >= 11 is 4.49. The topological polar surface area (TPSA) is 66.4 Å². The molecule has 2 N–H and O–H groups in total. The summed E-state index contributed by atoms with van der Waals surface area (Å²) in [7, 11) is -3.58. The standard InChI is InChI=1S/C14H14BrNO3S2/c15-14-13(7-12(8-17)20-14)21(18,19)16-11-5-9-3-1-2-4-10(9)6-11/h1-4,7,11,16-17H,5-6,8H2. The summed E-state index contributed by atoms with van der Waals surface area (Å²) < 4.78 is 28.2. The molecule has 1 aliphatic carbocycles. The summed E-state index contributed by atoms with van der Waals surface area (Å²) in [6.07, 6.45) is 1.42. The molecule has 0 amide bonds. The molecule has 7 heteroatoms. The number of fused-ring (bicyclic) bond motifs is 1. The highest BCUT2D eigenvalue weighted by molar-refractivity contribution is 9.11. The fourth-order valence-corrected chi connectivity index (χ4v) is 6.36. The van der Waals surface area contributed by atoms with E-state index in [-0.39, 0.29) is 17.5 Å². The Hall–Kier alpha value is -0.730. The quantitative estimate of drug-likeness (QED) is 0.846. The van der Waals surface area contributed by atoms with Gasteiger partial charge in [0, 0.05) is 10.9 Å². The van der Waals surface area contributed by atoms with Crippen LogP contribution in [0.5, 0.6) is 0 Å². The molecule has 0 aliphatic heterocycles. The number of aliphatic hydroxyl groups is 1. The minimum absolute atomic E-state index is 0.114. The third kappa shape index (κ3) is 3.07. The van der Waals surface area contributed by atoms with E-state index >= 15 is 0 Å². The number of hydrogen-bond donors (Lipinski definition) is 2. The van der Waals surface area contributed by atoms with Crippen LogP contribution in [0, 0.1) is 0 Å². The predicted molar refractivity (Wildman–Crippen MR) is 85.9 cm³/mol. The van der Waals surface area contributed by atoms with E-state index in [4.69, 9.17) is 5.11 Å².